The zero-order valence-corrected chi connectivity index (χ0v) is 12.0. The zero-order valence-electron chi connectivity index (χ0n) is 12.0. The number of nitrogens with one attached hydrogen (secondary N) is 1. The Morgan fingerprint density at radius 3 is 2.72 bits per heavy atom. The highest BCUT2D eigenvalue weighted by Crippen LogP contribution is 2.37. The van der Waals surface area contributed by atoms with Gasteiger partial charge in [-0.3, -0.25) is 0 Å². The molecule has 0 amide bonds. The number of rotatable bonds is 5. The van der Waals surface area contributed by atoms with Crippen molar-refractivity contribution in [1.82, 2.24) is 5.32 Å². The van der Waals surface area contributed by atoms with E-state index in [0.29, 0.717) is 18.7 Å². The third-order valence-corrected chi connectivity index (χ3v) is 4.96. The molecular formula is C15H29NO2. The number of hydrogen-bond donors (Lipinski definition) is 2. The van der Waals surface area contributed by atoms with Crippen molar-refractivity contribution in [3.05, 3.63) is 0 Å². The van der Waals surface area contributed by atoms with Gasteiger partial charge in [0.15, 0.2) is 0 Å². The summed E-state index contributed by atoms with van der Waals surface area (Å²) in [6.07, 6.45) is 7.31. The minimum Gasteiger partial charge on any atom is -0.396 e. The second-order valence-electron chi connectivity index (χ2n) is 6.62. The molecule has 1 saturated carbocycles. The maximum Gasteiger partial charge on any atom is 0.0499 e. The highest BCUT2D eigenvalue weighted by molar-refractivity contribution is 4.94. The summed E-state index contributed by atoms with van der Waals surface area (Å²) in [7, 11) is 0. The van der Waals surface area contributed by atoms with E-state index < -0.39 is 0 Å². The quantitative estimate of drug-likeness (QED) is 0.792. The lowest BCUT2D eigenvalue weighted by Gasteiger charge is -2.34. The molecule has 3 atom stereocenters. The zero-order chi connectivity index (χ0) is 13.0. The molecule has 3 heteroatoms. The first-order valence-corrected chi connectivity index (χ1v) is 7.59. The average Bonchev–Trinajstić information content (AvgIpc) is 2.73. The standard InChI is InChI=1S/C15H29NO2/c1-12(10-13-5-8-18-9-6-13)16-14-4-3-7-15(14,2)11-17/h12-14,16-17H,3-11H2,1-2H3. The van der Waals surface area contributed by atoms with Crippen molar-refractivity contribution >= 4 is 0 Å². The molecule has 0 aromatic carbocycles. The SMILES string of the molecule is CC(CC1CCOCC1)NC1CCCC1(C)CO. The average molecular weight is 255 g/mol. The smallest absolute Gasteiger partial charge is 0.0499 e. The summed E-state index contributed by atoms with van der Waals surface area (Å²) in [6, 6.07) is 1.06. The van der Waals surface area contributed by atoms with Crippen LogP contribution in [-0.2, 0) is 4.74 Å². The summed E-state index contributed by atoms with van der Waals surface area (Å²) in [5.74, 6) is 0.822. The molecule has 2 rings (SSSR count). The minimum absolute atomic E-state index is 0.101. The van der Waals surface area contributed by atoms with Gasteiger partial charge in [-0.2, -0.15) is 0 Å². The molecule has 106 valence electrons. The van der Waals surface area contributed by atoms with Gasteiger partial charge in [0, 0.05) is 37.3 Å². The van der Waals surface area contributed by atoms with Crippen LogP contribution >= 0.6 is 0 Å². The third-order valence-electron chi connectivity index (χ3n) is 4.96. The van der Waals surface area contributed by atoms with Crippen molar-refractivity contribution in [1.29, 1.82) is 0 Å². The first kappa shape index (κ1) is 14.3. The van der Waals surface area contributed by atoms with Gasteiger partial charge in [0.2, 0.25) is 0 Å². The van der Waals surface area contributed by atoms with Gasteiger partial charge in [-0.25, -0.2) is 0 Å². The number of hydrogen-bond acceptors (Lipinski definition) is 3. The second kappa shape index (κ2) is 6.36. The van der Waals surface area contributed by atoms with Gasteiger partial charge in [-0.05, 0) is 44.9 Å². The van der Waals surface area contributed by atoms with E-state index in [1.165, 1.54) is 32.1 Å². The lowest BCUT2D eigenvalue weighted by atomic mass is 9.84. The number of ether oxygens (including phenoxy) is 1. The second-order valence-corrected chi connectivity index (χ2v) is 6.62. The highest BCUT2D eigenvalue weighted by atomic mass is 16.5. The van der Waals surface area contributed by atoms with Crippen molar-refractivity contribution in [2.24, 2.45) is 11.3 Å². The van der Waals surface area contributed by atoms with E-state index >= 15 is 0 Å². The third kappa shape index (κ3) is 3.46. The van der Waals surface area contributed by atoms with E-state index in [2.05, 4.69) is 19.2 Å². The fourth-order valence-electron chi connectivity index (χ4n) is 3.60. The van der Waals surface area contributed by atoms with Crippen LogP contribution in [0, 0.1) is 11.3 Å². The molecular weight excluding hydrogens is 226 g/mol. The first-order valence-electron chi connectivity index (χ1n) is 7.59. The van der Waals surface area contributed by atoms with Gasteiger partial charge in [-0.1, -0.05) is 13.3 Å². The molecule has 2 aliphatic rings. The molecule has 0 radical (unpaired) electrons. The fraction of sp³-hybridized carbons (Fsp3) is 1.00. The Balaban J connectivity index is 1.77. The van der Waals surface area contributed by atoms with Crippen LogP contribution in [0.3, 0.4) is 0 Å². The van der Waals surface area contributed by atoms with E-state index in [1.807, 2.05) is 0 Å². The summed E-state index contributed by atoms with van der Waals surface area (Å²) in [6.45, 7) is 6.71. The maximum atomic E-state index is 9.57. The van der Waals surface area contributed by atoms with Crippen LogP contribution in [0.25, 0.3) is 0 Å². The van der Waals surface area contributed by atoms with Crippen LogP contribution < -0.4 is 5.32 Å². The van der Waals surface area contributed by atoms with Gasteiger partial charge in [0.1, 0.15) is 0 Å². The fourth-order valence-corrected chi connectivity index (χ4v) is 3.60. The van der Waals surface area contributed by atoms with Gasteiger partial charge < -0.3 is 15.2 Å². The minimum atomic E-state index is 0.101. The van der Waals surface area contributed by atoms with Crippen LogP contribution in [0.5, 0.6) is 0 Å². The molecule has 1 saturated heterocycles. The molecule has 18 heavy (non-hydrogen) atoms. The lowest BCUT2D eigenvalue weighted by molar-refractivity contribution is 0.0585. The largest absolute Gasteiger partial charge is 0.396 e. The molecule has 1 aliphatic heterocycles. The van der Waals surface area contributed by atoms with Gasteiger partial charge in [0.05, 0.1) is 0 Å². The van der Waals surface area contributed by atoms with E-state index in [9.17, 15) is 5.11 Å². The predicted molar refractivity (Wildman–Crippen MR) is 73.6 cm³/mol. The summed E-state index contributed by atoms with van der Waals surface area (Å²) in [5.41, 5.74) is 0.101. The number of aliphatic hydroxyl groups excluding tert-OH is 1. The van der Waals surface area contributed by atoms with E-state index in [4.69, 9.17) is 4.74 Å². The molecule has 2 N–H and O–H groups in total. The van der Waals surface area contributed by atoms with Crippen LogP contribution in [0.2, 0.25) is 0 Å². The Labute approximate surface area is 111 Å². The van der Waals surface area contributed by atoms with E-state index in [-0.39, 0.29) is 5.41 Å². The van der Waals surface area contributed by atoms with Crippen LogP contribution in [-0.4, -0.2) is 37.0 Å². The van der Waals surface area contributed by atoms with Crippen molar-refractivity contribution in [2.45, 2.75) is 64.5 Å². The van der Waals surface area contributed by atoms with Gasteiger partial charge >= 0.3 is 0 Å². The Kier molecular flexibility index (Phi) is 5.05. The van der Waals surface area contributed by atoms with E-state index in [0.717, 1.165) is 25.6 Å². The van der Waals surface area contributed by atoms with E-state index in [1.54, 1.807) is 0 Å². The summed E-state index contributed by atoms with van der Waals surface area (Å²) in [5, 5.41) is 13.3. The lowest BCUT2D eigenvalue weighted by Crippen LogP contribution is -2.46. The summed E-state index contributed by atoms with van der Waals surface area (Å²) >= 11 is 0. The van der Waals surface area contributed by atoms with Crippen molar-refractivity contribution < 1.29 is 9.84 Å². The molecule has 0 bridgehead atoms. The molecule has 3 nitrogen and oxygen atoms in total. The van der Waals surface area contributed by atoms with Gasteiger partial charge in [-0.15, -0.1) is 0 Å². The van der Waals surface area contributed by atoms with Crippen LogP contribution in [0.1, 0.15) is 52.4 Å². The highest BCUT2D eigenvalue weighted by Gasteiger charge is 2.38. The molecule has 3 unspecified atom stereocenters. The molecule has 1 aliphatic carbocycles. The summed E-state index contributed by atoms with van der Waals surface area (Å²) < 4.78 is 5.41. The van der Waals surface area contributed by atoms with Crippen molar-refractivity contribution in [2.75, 3.05) is 19.8 Å². The van der Waals surface area contributed by atoms with Crippen molar-refractivity contribution in [3.63, 3.8) is 0 Å². The van der Waals surface area contributed by atoms with Crippen LogP contribution in [0.15, 0.2) is 0 Å². The first-order chi connectivity index (χ1) is 8.64. The Morgan fingerprint density at radius 2 is 2.06 bits per heavy atom. The normalized spacial score (nSPS) is 35.8. The topological polar surface area (TPSA) is 41.5 Å². The number of aliphatic hydroxyl groups is 1. The van der Waals surface area contributed by atoms with Gasteiger partial charge in [0.25, 0.3) is 0 Å². The summed E-state index contributed by atoms with van der Waals surface area (Å²) in [4.78, 5) is 0. The maximum absolute atomic E-state index is 9.57. The molecule has 2 fully saturated rings. The molecule has 0 aromatic rings. The Bertz CT molecular complexity index is 253. The molecule has 0 aromatic heterocycles. The Morgan fingerprint density at radius 1 is 1.33 bits per heavy atom. The van der Waals surface area contributed by atoms with Crippen LogP contribution in [0.4, 0.5) is 0 Å². The molecule has 1 heterocycles. The van der Waals surface area contributed by atoms with Crippen molar-refractivity contribution in [3.8, 4) is 0 Å². The monoisotopic (exact) mass is 255 g/mol. The Hall–Kier alpha value is -0.120. The molecule has 0 spiro atoms. The predicted octanol–water partition coefficient (Wildman–Crippen LogP) is 2.33.